The van der Waals surface area contributed by atoms with E-state index in [9.17, 15) is 19.7 Å². The van der Waals surface area contributed by atoms with Crippen molar-refractivity contribution in [3.8, 4) is 0 Å². The largest absolute Gasteiger partial charge is 0.464 e. The Bertz CT molecular complexity index is 1190. The van der Waals surface area contributed by atoms with Gasteiger partial charge in [-0.05, 0) is 45.7 Å². The summed E-state index contributed by atoms with van der Waals surface area (Å²) in [6.07, 6.45) is 0.238. The van der Waals surface area contributed by atoms with Crippen LogP contribution >= 0.6 is 11.3 Å². The molecule has 0 bridgehead atoms. The number of thiophene rings is 1. The van der Waals surface area contributed by atoms with Gasteiger partial charge in [-0.3, -0.25) is 19.5 Å². The van der Waals surface area contributed by atoms with Crippen LogP contribution in [0.3, 0.4) is 0 Å². The molecule has 9 heteroatoms. The van der Waals surface area contributed by atoms with Crippen molar-refractivity contribution in [2.24, 2.45) is 0 Å². The number of hydrogen-bond donors (Lipinski definition) is 0. The van der Waals surface area contributed by atoms with Crippen LogP contribution in [0.5, 0.6) is 0 Å². The summed E-state index contributed by atoms with van der Waals surface area (Å²) in [5.41, 5.74) is 0.00734. The van der Waals surface area contributed by atoms with E-state index in [0.717, 1.165) is 16.0 Å². The van der Waals surface area contributed by atoms with Gasteiger partial charge in [0.2, 0.25) is 0 Å². The molecule has 0 radical (unpaired) electrons. The average Bonchev–Trinajstić information content (AvgIpc) is 2.96. The molecule has 0 N–H and O–H groups in total. The van der Waals surface area contributed by atoms with Crippen LogP contribution in [0.2, 0.25) is 0 Å². The number of carbonyl (C=O) groups is 1. The van der Waals surface area contributed by atoms with E-state index in [1.54, 1.807) is 32.9 Å². The summed E-state index contributed by atoms with van der Waals surface area (Å²) in [7, 11) is 0. The molecule has 0 spiro atoms. The quantitative estimate of drug-likeness (QED) is 0.335. The molecule has 0 unspecified atom stereocenters. The van der Waals surface area contributed by atoms with E-state index >= 15 is 0 Å². The summed E-state index contributed by atoms with van der Waals surface area (Å²) in [6.45, 7) is 8.97. The van der Waals surface area contributed by atoms with Gasteiger partial charge in [0.25, 0.3) is 11.2 Å². The highest BCUT2D eigenvalue weighted by Gasteiger charge is 2.36. The predicted molar refractivity (Wildman–Crippen MR) is 115 cm³/mol. The summed E-state index contributed by atoms with van der Waals surface area (Å²) in [4.78, 5) is 43.0. The Labute approximate surface area is 177 Å². The molecule has 0 atom stereocenters. The van der Waals surface area contributed by atoms with E-state index in [4.69, 9.17) is 9.72 Å². The zero-order valence-corrected chi connectivity index (χ0v) is 18.3. The van der Waals surface area contributed by atoms with Gasteiger partial charge in [0.05, 0.1) is 16.9 Å². The van der Waals surface area contributed by atoms with Gasteiger partial charge >= 0.3 is 5.97 Å². The van der Waals surface area contributed by atoms with E-state index < -0.39 is 16.4 Å². The number of ether oxygens (including phenoxy) is 1. The second-order valence-corrected chi connectivity index (χ2v) is 8.72. The number of aryl methyl sites for hydroxylation is 2. The number of nitro groups is 1. The van der Waals surface area contributed by atoms with Gasteiger partial charge in [-0.25, -0.2) is 9.78 Å². The van der Waals surface area contributed by atoms with Crippen LogP contribution in [0, 0.1) is 24.0 Å². The van der Waals surface area contributed by atoms with Crippen molar-refractivity contribution in [2.45, 2.75) is 46.6 Å². The Kier molecular flexibility index (Phi) is 5.76. The van der Waals surface area contributed by atoms with Gasteiger partial charge in [-0.15, -0.1) is 11.3 Å². The summed E-state index contributed by atoms with van der Waals surface area (Å²) < 4.78 is 6.61. The number of rotatable bonds is 6. The minimum Gasteiger partial charge on any atom is -0.464 e. The van der Waals surface area contributed by atoms with Gasteiger partial charge in [0.1, 0.15) is 16.2 Å². The normalized spacial score (nSPS) is 11.6. The van der Waals surface area contributed by atoms with E-state index in [1.165, 1.54) is 28.0 Å². The van der Waals surface area contributed by atoms with Crippen molar-refractivity contribution in [3.63, 3.8) is 0 Å². The molecule has 3 rings (SSSR count). The van der Waals surface area contributed by atoms with Gasteiger partial charge in [0, 0.05) is 23.4 Å². The van der Waals surface area contributed by atoms with Crippen LogP contribution < -0.4 is 5.56 Å². The van der Waals surface area contributed by atoms with Crippen LogP contribution in [0.1, 0.15) is 42.6 Å². The summed E-state index contributed by atoms with van der Waals surface area (Å²) in [5, 5.41) is 11.4. The third kappa shape index (κ3) is 3.72. The Morgan fingerprint density at radius 1 is 1.27 bits per heavy atom. The highest BCUT2D eigenvalue weighted by Crippen LogP contribution is 2.29. The maximum atomic E-state index is 13.5. The first kappa shape index (κ1) is 21.6. The van der Waals surface area contributed by atoms with Gasteiger partial charge in [0.15, 0.2) is 0 Å². The lowest BCUT2D eigenvalue weighted by Gasteiger charge is -2.27. The number of carbonyl (C=O) groups excluding carboxylic acids is 1. The van der Waals surface area contributed by atoms with Crippen molar-refractivity contribution in [3.05, 3.63) is 66.6 Å². The molecular formula is C21H23N3O5S. The summed E-state index contributed by atoms with van der Waals surface area (Å²) >= 11 is 1.43. The summed E-state index contributed by atoms with van der Waals surface area (Å²) in [6, 6.07) is 6.07. The topological polar surface area (TPSA) is 104 Å². The van der Waals surface area contributed by atoms with Gasteiger partial charge < -0.3 is 4.74 Å². The highest BCUT2D eigenvalue weighted by molar-refractivity contribution is 7.18. The standard InChI is InChI=1S/C21H23N3O5S/c1-6-29-20(26)21(4,5)23-16(11-14-7-9-15(10-8-14)24(27)28)22-18-17(19(23)25)12(2)13(3)30-18/h7-10H,6,11H2,1-5H3. The molecule has 0 saturated carbocycles. The van der Waals surface area contributed by atoms with Crippen LogP contribution in [0.25, 0.3) is 10.2 Å². The fraction of sp³-hybridized carbons (Fsp3) is 0.381. The lowest BCUT2D eigenvalue weighted by molar-refractivity contribution is -0.384. The Morgan fingerprint density at radius 2 is 1.90 bits per heavy atom. The molecule has 158 valence electrons. The van der Waals surface area contributed by atoms with E-state index in [2.05, 4.69) is 0 Å². The smallest absolute Gasteiger partial charge is 0.331 e. The summed E-state index contributed by atoms with van der Waals surface area (Å²) in [5.74, 6) is -0.122. The molecule has 0 amide bonds. The first-order chi connectivity index (χ1) is 14.1. The van der Waals surface area contributed by atoms with Crippen molar-refractivity contribution < 1.29 is 14.5 Å². The molecule has 3 aromatic rings. The molecule has 30 heavy (non-hydrogen) atoms. The van der Waals surface area contributed by atoms with E-state index in [1.807, 2.05) is 13.8 Å². The van der Waals surface area contributed by atoms with Crippen molar-refractivity contribution in [2.75, 3.05) is 6.61 Å². The monoisotopic (exact) mass is 429 g/mol. The molecule has 2 aromatic heterocycles. The molecule has 0 aliphatic heterocycles. The lowest BCUT2D eigenvalue weighted by Crippen LogP contribution is -2.46. The number of nitro benzene ring substituents is 1. The number of nitrogens with zero attached hydrogens (tertiary/aromatic N) is 3. The maximum absolute atomic E-state index is 13.5. The number of hydrogen-bond acceptors (Lipinski definition) is 7. The number of non-ortho nitro benzene ring substituents is 1. The maximum Gasteiger partial charge on any atom is 0.331 e. The molecule has 2 heterocycles. The predicted octanol–water partition coefficient (Wildman–Crippen LogP) is 3.87. The van der Waals surface area contributed by atoms with Gasteiger partial charge in [-0.1, -0.05) is 12.1 Å². The molecular weight excluding hydrogens is 406 g/mol. The first-order valence-corrected chi connectivity index (χ1v) is 10.3. The van der Waals surface area contributed by atoms with Gasteiger partial charge in [-0.2, -0.15) is 0 Å². The third-order valence-electron chi connectivity index (χ3n) is 5.12. The second-order valence-electron chi connectivity index (χ2n) is 7.51. The van der Waals surface area contributed by atoms with Crippen molar-refractivity contribution in [1.29, 1.82) is 0 Å². The highest BCUT2D eigenvalue weighted by atomic mass is 32.1. The fourth-order valence-electron chi connectivity index (χ4n) is 3.35. The van der Waals surface area contributed by atoms with Crippen LogP contribution in [0.15, 0.2) is 29.1 Å². The molecule has 0 fully saturated rings. The second kappa shape index (κ2) is 7.98. The van der Waals surface area contributed by atoms with Crippen molar-refractivity contribution >= 4 is 33.2 Å². The average molecular weight is 429 g/mol. The van der Waals surface area contributed by atoms with E-state index in [0.29, 0.717) is 16.0 Å². The minimum absolute atomic E-state index is 0.0177. The SMILES string of the molecule is CCOC(=O)C(C)(C)n1c(Cc2ccc([N+](=O)[O-])cc2)nc2sc(C)c(C)c2c1=O. The first-order valence-electron chi connectivity index (χ1n) is 9.50. The Hall–Kier alpha value is -3.07. The zero-order chi connectivity index (χ0) is 22.2. The Morgan fingerprint density at radius 3 is 2.47 bits per heavy atom. The molecule has 0 aliphatic carbocycles. The molecule has 0 saturated heterocycles. The van der Waals surface area contributed by atoms with Crippen LogP contribution in [-0.2, 0) is 21.5 Å². The van der Waals surface area contributed by atoms with Crippen LogP contribution in [0.4, 0.5) is 5.69 Å². The van der Waals surface area contributed by atoms with E-state index in [-0.39, 0.29) is 24.3 Å². The lowest BCUT2D eigenvalue weighted by atomic mass is 10.0. The zero-order valence-electron chi connectivity index (χ0n) is 17.5. The fourth-order valence-corrected chi connectivity index (χ4v) is 4.39. The minimum atomic E-state index is -1.27. The number of aromatic nitrogens is 2. The molecule has 0 aliphatic rings. The Balaban J connectivity index is 2.22. The number of esters is 1. The number of benzene rings is 1. The third-order valence-corrected chi connectivity index (χ3v) is 6.22. The molecule has 1 aromatic carbocycles. The van der Waals surface area contributed by atoms with Crippen LogP contribution in [-0.4, -0.2) is 27.1 Å². The van der Waals surface area contributed by atoms with Crippen molar-refractivity contribution in [1.82, 2.24) is 9.55 Å². The number of fused-ring (bicyclic) bond motifs is 1. The molecule has 8 nitrogen and oxygen atoms in total.